The maximum absolute atomic E-state index is 12.3. The second kappa shape index (κ2) is 8.98. The van der Waals surface area contributed by atoms with Gasteiger partial charge in [0, 0.05) is 36.4 Å². The Labute approximate surface area is 176 Å². The summed E-state index contributed by atoms with van der Waals surface area (Å²) in [5.74, 6) is 2.00. The van der Waals surface area contributed by atoms with Crippen LogP contribution in [0.1, 0.15) is 82.7 Å². The summed E-state index contributed by atoms with van der Waals surface area (Å²) in [6.45, 7) is 7.87. The number of fused-ring (bicyclic) bond motifs is 1. The normalized spacial score (nSPS) is 15.4. The Kier molecular flexibility index (Phi) is 6.16. The third kappa shape index (κ3) is 4.25. The smallest absolute Gasteiger partial charge is 0.230 e. The zero-order valence-corrected chi connectivity index (χ0v) is 18.1. The molecular weight excluding hydrogens is 380 g/mol. The second-order valence-electron chi connectivity index (χ2n) is 8.50. The van der Waals surface area contributed by atoms with Crippen molar-refractivity contribution in [2.45, 2.75) is 71.1 Å². The molecule has 1 fully saturated rings. The van der Waals surface area contributed by atoms with Crippen LogP contribution in [0.25, 0.3) is 22.4 Å². The van der Waals surface area contributed by atoms with Crippen LogP contribution >= 0.6 is 0 Å². The van der Waals surface area contributed by atoms with Crippen LogP contribution < -0.4 is 0 Å². The van der Waals surface area contributed by atoms with Gasteiger partial charge in [-0.05, 0) is 43.4 Å². The van der Waals surface area contributed by atoms with Gasteiger partial charge in [0.25, 0.3) is 0 Å². The maximum atomic E-state index is 12.3. The molecule has 1 aromatic carbocycles. The molecule has 0 bridgehead atoms. The van der Waals surface area contributed by atoms with Gasteiger partial charge < -0.3 is 13.9 Å². The molecule has 0 radical (unpaired) electrons. The number of carbonyl (C=O) groups excluding carboxylic acids is 1. The Morgan fingerprint density at radius 3 is 2.70 bits per heavy atom. The van der Waals surface area contributed by atoms with Crippen LogP contribution in [0.15, 0.2) is 27.2 Å². The van der Waals surface area contributed by atoms with Crippen molar-refractivity contribution >= 4 is 16.9 Å². The van der Waals surface area contributed by atoms with E-state index in [1.54, 1.807) is 0 Å². The van der Waals surface area contributed by atoms with E-state index in [0.717, 1.165) is 67.4 Å². The second-order valence-corrected chi connectivity index (χ2v) is 8.50. The zero-order valence-electron chi connectivity index (χ0n) is 18.1. The van der Waals surface area contributed by atoms with Gasteiger partial charge in [-0.15, -0.1) is 0 Å². The lowest BCUT2D eigenvalue weighted by molar-refractivity contribution is -0.132. The van der Waals surface area contributed by atoms with Crippen LogP contribution in [-0.2, 0) is 4.79 Å². The minimum absolute atomic E-state index is 0.205. The summed E-state index contributed by atoms with van der Waals surface area (Å²) in [7, 11) is 0. The molecule has 4 rings (SSSR count). The van der Waals surface area contributed by atoms with Gasteiger partial charge in [-0.3, -0.25) is 4.79 Å². The van der Waals surface area contributed by atoms with Crippen molar-refractivity contribution in [3.63, 3.8) is 0 Å². The fourth-order valence-corrected chi connectivity index (χ4v) is 4.09. The van der Waals surface area contributed by atoms with Gasteiger partial charge in [-0.25, -0.2) is 0 Å². The molecule has 0 spiro atoms. The van der Waals surface area contributed by atoms with Crippen molar-refractivity contribution < 1.29 is 13.8 Å². The summed E-state index contributed by atoms with van der Waals surface area (Å²) in [6, 6.07) is 5.86. The number of carbonyl (C=O) groups is 1. The minimum atomic E-state index is 0.205. The molecule has 160 valence electrons. The molecule has 1 amide bonds. The van der Waals surface area contributed by atoms with Crippen molar-refractivity contribution in [2.75, 3.05) is 13.1 Å². The summed E-state index contributed by atoms with van der Waals surface area (Å²) in [5.41, 5.74) is 2.60. The van der Waals surface area contributed by atoms with Gasteiger partial charge in [-0.2, -0.15) is 4.98 Å². The molecule has 1 aliphatic rings. The Hall–Kier alpha value is -2.70. The van der Waals surface area contributed by atoms with E-state index in [1.807, 2.05) is 23.1 Å². The van der Waals surface area contributed by atoms with Gasteiger partial charge in [0.05, 0.1) is 5.69 Å². The monoisotopic (exact) mass is 410 g/mol. The van der Waals surface area contributed by atoms with Crippen molar-refractivity contribution in [1.82, 2.24) is 20.2 Å². The summed E-state index contributed by atoms with van der Waals surface area (Å²) >= 11 is 0. The van der Waals surface area contributed by atoms with Crippen LogP contribution in [0, 0.1) is 0 Å². The minimum Gasteiger partial charge on any atom is -0.356 e. The molecule has 3 aromatic rings. The molecule has 1 saturated heterocycles. The lowest BCUT2D eigenvalue weighted by Crippen LogP contribution is -2.37. The SMILES string of the molecule is CCCCCC(=O)N1CCC(c2nc(-c3ccc4onc(C(C)C)c4c3)no2)CC1. The lowest BCUT2D eigenvalue weighted by atomic mass is 9.96. The molecule has 0 unspecified atom stereocenters. The summed E-state index contributed by atoms with van der Waals surface area (Å²) < 4.78 is 11.0. The van der Waals surface area contributed by atoms with Crippen LogP contribution in [0.2, 0.25) is 0 Å². The van der Waals surface area contributed by atoms with E-state index in [9.17, 15) is 4.79 Å². The molecule has 3 heterocycles. The summed E-state index contributed by atoms with van der Waals surface area (Å²) in [5, 5.41) is 9.38. The highest BCUT2D eigenvalue weighted by Gasteiger charge is 2.27. The van der Waals surface area contributed by atoms with Crippen molar-refractivity contribution in [2.24, 2.45) is 0 Å². The number of nitrogens with zero attached hydrogens (tertiary/aromatic N) is 4. The number of likely N-dealkylation sites (tertiary alicyclic amines) is 1. The summed E-state index contributed by atoms with van der Waals surface area (Å²) in [6.07, 6.45) is 5.63. The highest BCUT2D eigenvalue weighted by atomic mass is 16.5. The van der Waals surface area contributed by atoms with Crippen molar-refractivity contribution in [3.8, 4) is 11.4 Å². The molecule has 2 aromatic heterocycles. The number of amides is 1. The number of piperidine rings is 1. The van der Waals surface area contributed by atoms with Gasteiger partial charge in [0.1, 0.15) is 0 Å². The van der Waals surface area contributed by atoms with E-state index in [0.29, 0.717) is 18.1 Å². The molecule has 0 aliphatic carbocycles. The number of rotatable bonds is 7. The van der Waals surface area contributed by atoms with E-state index in [-0.39, 0.29) is 17.7 Å². The van der Waals surface area contributed by atoms with Gasteiger partial charge in [0.15, 0.2) is 5.58 Å². The first-order valence-electron chi connectivity index (χ1n) is 11.1. The number of unbranched alkanes of at least 4 members (excludes halogenated alkanes) is 2. The zero-order chi connectivity index (χ0) is 21.1. The average Bonchev–Trinajstić information content (AvgIpc) is 3.41. The number of aromatic nitrogens is 3. The third-order valence-corrected chi connectivity index (χ3v) is 5.94. The highest BCUT2D eigenvalue weighted by Crippen LogP contribution is 2.31. The fraction of sp³-hybridized carbons (Fsp3) is 0.565. The van der Waals surface area contributed by atoms with Crippen molar-refractivity contribution in [1.29, 1.82) is 0 Å². The van der Waals surface area contributed by atoms with Crippen LogP contribution in [0.4, 0.5) is 0 Å². The average molecular weight is 411 g/mol. The van der Waals surface area contributed by atoms with Gasteiger partial charge in [-0.1, -0.05) is 43.9 Å². The number of hydrogen-bond donors (Lipinski definition) is 0. The molecule has 7 nitrogen and oxygen atoms in total. The first kappa shape index (κ1) is 20.6. The van der Waals surface area contributed by atoms with E-state index in [1.165, 1.54) is 0 Å². The van der Waals surface area contributed by atoms with Crippen molar-refractivity contribution in [3.05, 3.63) is 29.8 Å². The molecule has 1 aliphatic heterocycles. The topological polar surface area (TPSA) is 85.3 Å². The fourth-order valence-electron chi connectivity index (χ4n) is 4.09. The van der Waals surface area contributed by atoms with Crippen LogP contribution in [-0.4, -0.2) is 39.2 Å². The van der Waals surface area contributed by atoms with E-state index >= 15 is 0 Å². The molecule has 30 heavy (non-hydrogen) atoms. The highest BCUT2D eigenvalue weighted by molar-refractivity contribution is 5.84. The molecular formula is C23H30N4O3. The molecule has 0 saturated carbocycles. The first-order valence-corrected chi connectivity index (χ1v) is 11.1. The lowest BCUT2D eigenvalue weighted by Gasteiger charge is -2.30. The van der Waals surface area contributed by atoms with E-state index in [4.69, 9.17) is 9.05 Å². The summed E-state index contributed by atoms with van der Waals surface area (Å²) in [4.78, 5) is 19.0. The predicted octanol–water partition coefficient (Wildman–Crippen LogP) is 5.29. The van der Waals surface area contributed by atoms with E-state index in [2.05, 4.69) is 36.1 Å². The largest absolute Gasteiger partial charge is 0.356 e. The predicted molar refractivity (Wildman–Crippen MR) is 114 cm³/mol. The number of benzene rings is 1. The molecule has 0 atom stereocenters. The Morgan fingerprint density at radius 2 is 1.97 bits per heavy atom. The molecule has 0 N–H and O–H groups in total. The van der Waals surface area contributed by atoms with E-state index < -0.39 is 0 Å². The van der Waals surface area contributed by atoms with Crippen LogP contribution in [0.3, 0.4) is 0 Å². The Balaban J connectivity index is 1.42. The van der Waals surface area contributed by atoms with Gasteiger partial charge in [0.2, 0.25) is 17.6 Å². The quantitative estimate of drug-likeness (QED) is 0.492. The Morgan fingerprint density at radius 1 is 1.17 bits per heavy atom. The Bertz CT molecular complexity index is 999. The maximum Gasteiger partial charge on any atom is 0.230 e. The third-order valence-electron chi connectivity index (χ3n) is 5.94. The van der Waals surface area contributed by atoms with Crippen LogP contribution in [0.5, 0.6) is 0 Å². The van der Waals surface area contributed by atoms with Gasteiger partial charge >= 0.3 is 0 Å². The number of hydrogen-bond acceptors (Lipinski definition) is 6. The standard InChI is InChI=1S/C23H30N4O3/c1-4-5-6-7-20(28)27-12-10-16(11-13-27)23-24-22(26-30-23)17-8-9-19-18(14-17)21(15(2)3)25-29-19/h8-9,14-16H,4-7,10-13H2,1-3H3. The first-order chi connectivity index (χ1) is 14.6. The molecule has 7 heteroatoms.